The molecule has 0 aliphatic rings. The Balaban J connectivity index is 1.66. The normalized spacial score (nSPS) is 11.6. The van der Waals surface area contributed by atoms with Gasteiger partial charge in [-0.2, -0.15) is 5.21 Å². The summed E-state index contributed by atoms with van der Waals surface area (Å²) in [5, 5.41) is 14.5. The molecule has 7 heteroatoms. The number of aromatic amines is 1. The summed E-state index contributed by atoms with van der Waals surface area (Å²) in [5.74, 6) is 1.16. The summed E-state index contributed by atoms with van der Waals surface area (Å²) >= 11 is 0. The van der Waals surface area contributed by atoms with Gasteiger partial charge in [0.25, 0.3) is 0 Å². The molecule has 0 fully saturated rings. The standard InChI is InChI=1S/C26H32N6O/c1-17(2)10-15-24-19(5)32(18(3)4)26(33)31(24)16-20-11-13-21(14-12-20)22-8-6-7-9-23(22)25-27-29-30-28-25/h6-9,11-14,17-18H,10,15-16H2,1-5H3,(H,27,28,29,30). The molecule has 33 heavy (non-hydrogen) atoms. The smallest absolute Gasteiger partial charge is 0.294 e. The molecule has 1 N–H and O–H groups in total. The Morgan fingerprint density at radius 1 is 0.970 bits per heavy atom. The Morgan fingerprint density at radius 3 is 2.27 bits per heavy atom. The van der Waals surface area contributed by atoms with Crippen LogP contribution in [-0.2, 0) is 13.0 Å². The van der Waals surface area contributed by atoms with Crippen molar-refractivity contribution in [2.45, 2.75) is 60.0 Å². The molecule has 0 spiro atoms. The van der Waals surface area contributed by atoms with Crippen LogP contribution in [0.15, 0.2) is 53.3 Å². The number of benzene rings is 2. The third-order valence-corrected chi connectivity index (χ3v) is 6.14. The maximum absolute atomic E-state index is 13.3. The van der Waals surface area contributed by atoms with Gasteiger partial charge in [0.2, 0.25) is 5.82 Å². The molecule has 0 saturated heterocycles. The Kier molecular flexibility index (Phi) is 6.58. The van der Waals surface area contributed by atoms with E-state index in [2.05, 4.69) is 85.6 Å². The van der Waals surface area contributed by atoms with E-state index in [4.69, 9.17) is 0 Å². The van der Waals surface area contributed by atoms with E-state index in [-0.39, 0.29) is 11.7 Å². The Morgan fingerprint density at radius 2 is 1.67 bits per heavy atom. The van der Waals surface area contributed by atoms with E-state index in [0.29, 0.717) is 18.3 Å². The van der Waals surface area contributed by atoms with E-state index in [9.17, 15) is 4.79 Å². The molecule has 2 aromatic carbocycles. The van der Waals surface area contributed by atoms with Crippen LogP contribution in [0.3, 0.4) is 0 Å². The van der Waals surface area contributed by atoms with Crippen LogP contribution in [0.5, 0.6) is 0 Å². The highest BCUT2D eigenvalue weighted by Gasteiger charge is 2.19. The number of rotatable bonds is 8. The molecule has 0 saturated carbocycles. The van der Waals surface area contributed by atoms with Crippen molar-refractivity contribution in [2.75, 3.05) is 0 Å². The van der Waals surface area contributed by atoms with E-state index in [0.717, 1.165) is 46.5 Å². The van der Waals surface area contributed by atoms with Gasteiger partial charge in [0.15, 0.2) is 0 Å². The lowest BCUT2D eigenvalue weighted by Crippen LogP contribution is -2.27. The molecule has 0 unspecified atom stereocenters. The quantitative estimate of drug-likeness (QED) is 0.414. The molecule has 7 nitrogen and oxygen atoms in total. The molecule has 2 aromatic heterocycles. The zero-order valence-electron chi connectivity index (χ0n) is 20.0. The van der Waals surface area contributed by atoms with Crippen LogP contribution in [0.4, 0.5) is 0 Å². The van der Waals surface area contributed by atoms with E-state index < -0.39 is 0 Å². The lowest BCUT2D eigenvalue weighted by molar-refractivity contribution is 0.549. The average molecular weight is 445 g/mol. The number of tetrazole rings is 1. The van der Waals surface area contributed by atoms with Gasteiger partial charge in [-0.1, -0.05) is 62.4 Å². The molecule has 4 rings (SSSR count). The summed E-state index contributed by atoms with van der Waals surface area (Å²) in [6, 6.07) is 16.6. The van der Waals surface area contributed by atoms with Crippen molar-refractivity contribution in [3.05, 3.63) is 76.0 Å². The highest BCUT2D eigenvalue weighted by atomic mass is 16.1. The Hall–Kier alpha value is -3.48. The highest BCUT2D eigenvalue weighted by Crippen LogP contribution is 2.30. The summed E-state index contributed by atoms with van der Waals surface area (Å²) in [6.45, 7) is 11.2. The zero-order valence-corrected chi connectivity index (χ0v) is 20.0. The second kappa shape index (κ2) is 9.57. The molecule has 172 valence electrons. The van der Waals surface area contributed by atoms with Crippen molar-refractivity contribution in [1.82, 2.24) is 29.8 Å². The van der Waals surface area contributed by atoms with Crippen molar-refractivity contribution in [3.8, 4) is 22.5 Å². The summed E-state index contributed by atoms with van der Waals surface area (Å²) in [4.78, 5) is 13.3. The number of aromatic nitrogens is 6. The molecule has 2 heterocycles. The monoisotopic (exact) mass is 444 g/mol. The van der Waals surface area contributed by atoms with Crippen molar-refractivity contribution >= 4 is 0 Å². The van der Waals surface area contributed by atoms with Gasteiger partial charge in [0, 0.05) is 23.0 Å². The fraction of sp³-hybridized carbons (Fsp3) is 0.385. The van der Waals surface area contributed by atoms with Gasteiger partial charge in [-0.3, -0.25) is 9.13 Å². The summed E-state index contributed by atoms with van der Waals surface area (Å²) in [6.07, 6.45) is 1.98. The predicted molar refractivity (Wildman–Crippen MR) is 131 cm³/mol. The number of H-pyrrole nitrogens is 1. The Labute approximate surface area is 194 Å². The lowest BCUT2D eigenvalue weighted by atomic mass is 9.98. The van der Waals surface area contributed by atoms with E-state index in [1.54, 1.807) is 0 Å². The van der Waals surface area contributed by atoms with E-state index in [1.165, 1.54) is 0 Å². The van der Waals surface area contributed by atoms with Crippen LogP contribution in [0.1, 0.15) is 57.1 Å². The fourth-order valence-corrected chi connectivity index (χ4v) is 4.41. The van der Waals surface area contributed by atoms with Crippen LogP contribution < -0.4 is 5.69 Å². The maximum Gasteiger partial charge on any atom is 0.329 e. The number of nitrogens with zero attached hydrogens (tertiary/aromatic N) is 5. The largest absolute Gasteiger partial charge is 0.329 e. The number of hydrogen-bond donors (Lipinski definition) is 1. The molecule has 0 amide bonds. The van der Waals surface area contributed by atoms with Crippen molar-refractivity contribution in [1.29, 1.82) is 0 Å². The van der Waals surface area contributed by atoms with Crippen molar-refractivity contribution in [2.24, 2.45) is 5.92 Å². The molecule has 0 atom stereocenters. The predicted octanol–water partition coefficient (Wildman–Crippen LogP) is 5.02. The number of imidazole rings is 1. The van der Waals surface area contributed by atoms with Crippen molar-refractivity contribution in [3.63, 3.8) is 0 Å². The van der Waals surface area contributed by atoms with Gasteiger partial charge < -0.3 is 0 Å². The van der Waals surface area contributed by atoms with E-state index in [1.807, 2.05) is 27.3 Å². The lowest BCUT2D eigenvalue weighted by Gasteiger charge is -2.11. The van der Waals surface area contributed by atoms with Crippen LogP contribution >= 0.6 is 0 Å². The van der Waals surface area contributed by atoms with Crippen LogP contribution in [0.25, 0.3) is 22.5 Å². The third kappa shape index (κ3) is 4.67. The highest BCUT2D eigenvalue weighted by molar-refractivity contribution is 5.80. The molecule has 0 aliphatic heterocycles. The van der Waals surface area contributed by atoms with Crippen LogP contribution in [0, 0.1) is 12.8 Å². The molecular formula is C26H32N6O. The number of hydrogen-bond acceptors (Lipinski definition) is 4. The second-order valence-electron chi connectivity index (χ2n) is 9.28. The molecule has 0 radical (unpaired) electrons. The SMILES string of the molecule is Cc1c(CCC(C)C)n(Cc2ccc(-c3ccccc3-c3nn[nH]n3)cc2)c(=O)n1C(C)C. The molecule has 4 aromatic rings. The third-order valence-electron chi connectivity index (χ3n) is 6.14. The first kappa shape index (κ1) is 22.7. The fourth-order valence-electron chi connectivity index (χ4n) is 4.41. The first-order valence-electron chi connectivity index (χ1n) is 11.6. The average Bonchev–Trinajstić information content (AvgIpc) is 3.40. The molecule has 0 bridgehead atoms. The summed E-state index contributed by atoms with van der Waals surface area (Å²) in [5.41, 5.74) is 6.45. The second-order valence-corrected chi connectivity index (χ2v) is 9.28. The first-order chi connectivity index (χ1) is 15.9. The van der Waals surface area contributed by atoms with Gasteiger partial charge >= 0.3 is 5.69 Å². The van der Waals surface area contributed by atoms with E-state index >= 15 is 0 Å². The Bertz CT molecular complexity index is 1260. The van der Waals surface area contributed by atoms with Crippen LogP contribution in [0.2, 0.25) is 0 Å². The van der Waals surface area contributed by atoms with Gasteiger partial charge in [0.1, 0.15) is 0 Å². The summed E-state index contributed by atoms with van der Waals surface area (Å²) in [7, 11) is 0. The van der Waals surface area contributed by atoms with Gasteiger partial charge in [-0.25, -0.2) is 4.79 Å². The van der Waals surface area contributed by atoms with Gasteiger partial charge in [-0.05, 0) is 61.4 Å². The minimum absolute atomic E-state index is 0.0767. The number of nitrogens with one attached hydrogen (secondary N) is 1. The molecule has 0 aliphatic carbocycles. The zero-order chi connectivity index (χ0) is 23.5. The van der Waals surface area contributed by atoms with Gasteiger partial charge in [-0.15, -0.1) is 10.2 Å². The van der Waals surface area contributed by atoms with Crippen LogP contribution in [-0.4, -0.2) is 29.8 Å². The minimum atomic E-state index is 0.0767. The van der Waals surface area contributed by atoms with Crippen molar-refractivity contribution < 1.29 is 0 Å². The maximum atomic E-state index is 13.3. The first-order valence-corrected chi connectivity index (χ1v) is 11.6. The topological polar surface area (TPSA) is 81.4 Å². The minimum Gasteiger partial charge on any atom is -0.294 e. The van der Waals surface area contributed by atoms with Gasteiger partial charge in [0.05, 0.1) is 6.54 Å². The summed E-state index contributed by atoms with van der Waals surface area (Å²) < 4.78 is 3.88. The molecular weight excluding hydrogens is 412 g/mol.